The van der Waals surface area contributed by atoms with Gasteiger partial charge in [0, 0.05) is 51.4 Å². The van der Waals surface area contributed by atoms with Gasteiger partial charge in [-0.15, -0.1) is 0 Å². The van der Waals surface area contributed by atoms with Crippen LogP contribution in [0.4, 0.5) is 0 Å². The third kappa shape index (κ3) is 20.1. The lowest BCUT2D eigenvalue weighted by atomic mass is 9.91. The maximum absolute atomic E-state index is 7.06. The lowest BCUT2D eigenvalue weighted by Crippen LogP contribution is -2.16. The first kappa shape index (κ1) is 72.1. The van der Waals surface area contributed by atoms with Crippen molar-refractivity contribution in [1.82, 2.24) is 0 Å². The fourth-order valence-corrected chi connectivity index (χ4v) is 13.8. The molecule has 2 aliphatic carbocycles. The van der Waals surface area contributed by atoms with Gasteiger partial charge in [0.2, 0.25) is 0 Å². The first-order valence-electron chi connectivity index (χ1n) is 36.3. The summed E-state index contributed by atoms with van der Waals surface area (Å²) in [6.45, 7) is 10.3. The molecule has 14 rings (SSSR count). The molecule has 540 valence electrons. The summed E-state index contributed by atoms with van der Waals surface area (Å²) in [4.78, 5) is 0. The van der Waals surface area contributed by atoms with Crippen molar-refractivity contribution in [3.8, 4) is 46.0 Å². The summed E-state index contributed by atoms with van der Waals surface area (Å²) in [5.41, 5.74) is 16.1. The van der Waals surface area contributed by atoms with E-state index in [0.717, 1.165) is 135 Å². The zero-order chi connectivity index (χ0) is 69.0. The van der Waals surface area contributed by atoms with Gasteiger partial charge < -0.3 is 85.3 Å². The Labute approximate surface area is 599 Å². The Kier molecular flexibility index (Phi) is 27.5. The predicted molar refractivity (Wildman–Crippen MR) is 386 cm³/mol. The molecular formula is C84H96O18. The summed E-state index contributed by atoms with van der Waals surface area (Å²) in [7, 11) is 0. The number of fused-ring (bicyclic) bond motifs is 12. The van der Waals surface area contributed by atoms with Gasteiger partial charge in [-0.2, -0.15) is 0 Å². The molecule has 0 fully saturated rings. The van der Waals surface area contributed by atoms with E-state index in [9.17, 15) is 0 Å². The van der Waals surface area contributed by atoms with Crippen LogP contribution in [0.2, 0.25) is 0 Å². The Morgan fingerprint density at radius 2 is 0.206 bits per heavy atom. The van der Waals surface area contributed by atoms with E-state index < -0.39 is 0 Å². The molecule has 0 amide bonds. The molecule has 6 aliphatic rings. The predicted octanol–water partition coefficient (Wildman–Crippen LogP) is 12.0. The lowest BCUT2D eigenvalue weighted by molar-refractivity contribution is -0.00706. The molecule has 0 N–H and O–H groups in total. The Hall–Kier alpha value is -8.24. The smallest absolute Gasteiger partial charge is 0.126 e. The van der Waals surface area contributed by atoms with E-state index in [2.05, 4.69) is 146 Å². The SMILES string of the molecule is c1cc2c3c(c1)Cc1cccc4c1OCCOCCOc1c5cccc1Cc1cccc6c1OCCOCCOCCOCCOCCOc1c(cccc1C5)Cc1cccc(c1OCCOCCOc1c(cccc1Cc1cccc(c1OCCOCCOCCOCCOCCO3)C4)C2)C6. The fourth-order valence-electron chi connectivity index (χ4n) is 13.8. The molecule has 4 aliphatic heterocycles. The summed E-state index contributed by atoms with van der Waals surface area (Å²) >= 11 is 0. The molecule has 102 heavy (non-hydrogen) atoms. The van der Waals surface area contributed by atoms with Crippen LogP contribution in [0, 0.1) is 0 Å². The molecule has 4 heterocycles. The summed E-state index contributed by atoms with van der Waals surface area (Å²) in [6, 6.07) is 51.4. The third-order valence-corrected chi connectivity index (χ3v) is 18.5. The molecule has 18 heteroatoms. The lowest BCUT2D eigenvalue weighted by Gasteiger charge is -2.23. The second-order valence-corrected chi connectivity index (χ2v) is 25.6. The van der Waals surface area contributed by atoms with Crippen LogP contribution in [0.25, 0.3) is 0 Å². The standard InChI is InChI=1S/C84H96O18/c1-9-61-53-69-17-5-19-71-55-63-11-2-12-64-56-72-20-6-18-70(54-62(10-1)77(61)95-45-37-89-33-29-85-25-26-86-30-34-90-38-46-96-78(63)64)82(72)100-50-42-94-44-52-102-84-74-22-8-24-76(84)60-68-16-4-15-67-59-75-23-7-21-73(83(75)101-51-43-93-41-49-99-81(69)71)57-65-13-3-14-66(58-74)79(65)97-47-39-91-35-31-87-27-28-88-32-36-92-40-48-98-80(67)68/h1-24H,25-60H2. The first-order chi connectivity index (χ1) is 50.7. The van der Waals surface area contributed by atoms with Crippen molar-refractivity contribution in [3.63, 3.8) is 0 Å². The molecule has 0 radical (unpaired) electrons. The zero-order valence-corrected chi connectivity index (χ0v) is 58.7. The maximum Gasteiger partial charge on any atom is 0.126 e. The Morgan fingerprint density at radius 3 is 0.304 bits per heavy atom. The van der Waals surface area contributed by atoms with Crippen LogP contribution in [0.3, 0.4) is 0 Å². The Balaban J connectivity index is 0.883. The van der Waals surface area contributed by atoms with Gasteiger partial charge in [-0.3, -0.25) is 0 Å². The van der Waals surface area contributed by atoms with E-state index in [0.29, 0.717) is 210 Å². The number of hydrogen-bond donors (Lipinski definition) is 0. The summed E-state index contributed by atoms with van der Waals surface area (Å²) in [6.07, 6.45) is 4.13. The minimum Gasteiger partial charge on any atom is -0.491 e. The molecule has 0 unspecified atom stereocenters. The minimum atomic E-state index is 0.274. The number of benzene rings is 8. The van der Waals surface area contributed by atoms with Crippen molar-refractivity contribution in [3.05, 3.63) is 235 Å². The van der Waals surface area contributed by atoms with Gasteiger partial charge in [-0.25, -0.2) is 0 Å². The third-order valence-electron chi connectivity index (χ3n) is 18.5. The highest BCUT2D eigenvalue weighted by Crippen LogP contribution is 2.42. The Bertz CT molecular complexity index is 3270. The number of hydrogen-bond acceptors (Lipinski definition) is 18. The summed E-state index contributed by atoms with van der Waals surface area (Å²) in [5, 5.41) is 0. The van der Waals surface area contributed by atoms with E-state index in [1.807, 2.05) is 0 Å². The van der Waals surface area contributed by atoms with Gasteiger partial charge >= 0.3 is 0 Å². The van der Waals surface area contributed by atoms with Crippen molar-refractivity contribution < 1.29 is 85.3 Å². The van der Waals surface area contributed by atoms with Gasteiger partial charge in [0.15, 0.2) is 0 Å². The average molecular weight is 1390 g/mol. The van der Waals surface area contributed by atoms with Crippen molar-refractivity contribution in [2.45, 2.75) is 51.4 Å². The van der Waals surface area contributed by atoms with Crippen LogP contribution in [0.1, 0.15) is 89.0 Å². The van der Waals surface area contributed by atoms with Crippen LogP contribution >= 0.6 is 0 Å². The number of para-hydroxylation sites is 8. The molecule has 0 saturated heterocycles. The quantitative estimate of drug-likeness (QED) is 0.131. The maximum atomic E-state index is 7.06. The second-order valence-electron chi connectivity index (χ2n) is 25.6. The summed E-state index contributed by atoms with van der Waals surface area (Å²) < 4.78 is 117. The molecule has 8 aromatic rings. The normalized spacial score (nSPS) is 18.2. The van der Waals surface area contributed by atoms with Crippen LogP contribution in [-0.4, -0.2) is 185 Å². The highest BCUT2D eigenvalue weighted by Gasteiger charge is 2.26. The van der Waals surface area contributed by atoms with Crippen LogP contribution < -0.4 is 37.9 Å². The van der Waals surface area contributed by atoms with Crippen molar-refractivity contribution in [1.29, 1.82) is 0 Å². The van der Waals surface area contributed by atoms with E-state index >= 15 is 0 Å². The van der Waals surface area contributed by atoms with E-state index in [-0.39, 0.29) is 26.4 Å². The van der Waals surface area contributed by atoms with Gasteiger partial charge in [-0.05, 0) is 89.0 Å². The average Bonchev–Trinajstić information content (AvgIpc) is 0.796. The zero-order valence-electron chi connectivity index (χ0n) is 58.7. The van der Waals surface area contributed by atoms with Gasteiger partial charge in [0.25, 0.3) is 0 Å². The van der Waals surface area contributed by atoms with E-state index in [1.54, 1.807) is 0 Å². The summed E-state index contributed by atoms with van der Waals surface area (Å²) in [5.74, 6) is 6.33. The van der Waals surface area contributed by atoms with Crippen molar-refractivity contribution in [2.24, 2.45) is 0 Å². The van der Waals surface area contributed by atoms with Crippen LogP contribution in [0.15, 0.2) is 146 Å². The van der Waals surface area contributed by atoms with Gasteiger partial charge in [-0.1, -0.05) is 146 Å². The molecule has 0 spiro atoms. The molecule has 8 aromatic carbocycles. The second kappa shape index (κ2) is 38.9. The topological polar surface area (TPSA) is 166 Å². The van der Waals surface area contributed by atoms with Crippen molar-refractivity contribution in [2.75, 3.05) is 185 Å². The molecule has 0 aromatic heterocycles. The molecule has 0 atom stereocenters. The first-order valence-corrected chi connectivity index (χ1v) is 36.3. The van der Waals surface area contributed by atoms with Crippen LogP contribution in [0.5, 0.6) is 46.0 Å². The van der Waals surface area contributed by atoms with E-state index in [4.69, 9.17) is 85.3 Å². The molecule has 24 bridgehead atoms. The highest BCUT2D eigenvalue weighted by molar-refractivity contribution is 5.59. The molecular weight excluding hydrogens is 1300 g/mol. The van der Waals surface area contributed by atoms with Crippen LogP contribution in [-0.2, 0) is 98.7 Å². The minimum absolute atomic E-state index is 0.274. The van der Waals surface area contributed by atoms with Gasteiger partial charge in [0.1, 0.15) is 98.9 Å². The largest absolute Gasteiger partial charge is 0.491 e. The monoisotopic (exact) mass is 1390 g/mol. The highest BCUT2D eigenvalue weighted by atomic mass is 16.6. The fraction of sp³-hybridized carbons (Fsp3) is 0.429. The number of rotatable bonds is 0. The van der Waals surface area contributed by atoms with Crippen molar-refractivity contribution >= 4 is 0 Å². The molecule has 18 nitrogen and oxygen atoms in total. The van der Waals surface area contributed by atoms with Gasteiger partial charge in [0.05, 0.1) is 132 Å². The number of ether oxygens (including phenoxy) is 18. The van der Waals surface area contributed by atoms with E-state index in [1.165, 1.54) is 0 Å². The molecule has 0 saturated carbocycles. The Morgan fingerprint density at radius 1 is 0.118 bits per heavy atom.